The van der Waals surface area contributed by atoms with Gasteiger partial charge in [-0.05, 0) is 25.0 Å². The zero-order chi connectivity index (χ0) is 10.6. The van der Waals surface area contributed by atoms with Crippen LogP contribution in [0.1, 0.15) is 31.1 Å². The van der Waals surface area contributed by atoms with Gasteiger partial charge in [-0.3, -0.25) is 0 Å². The van der Waals surface area contributed by atoms with E-state index < -0.39 is 0 Å². The normalized spacial score (nSPS) is 10.6. The highest BCUT2D eigenvalue weighted by molar-refractivity contribution is 5.89. The quantitative estimate of drug-likeness (QED) is 0.686. The Morgan fingerprint density at radius 2 is 1.79 bits per heavy atom. The molecule has 1 rings (SSSR count). The second kappa shape index (κ2) is 4.80. The van der Waals surface area contributed by atoms with Crippen LogP contribution in [0.3, 0.4) is 0 Å². The fourth-order valence-electron chi connectivity index (χ4n) is 0.897. The second-order valence-electron chi connectivity index (χ2n) is 3.52. The summed E-state index contributed by atoms with van der Waals surface area (Å²) < 4.78 is 5.18. The number of hydrogen-bond acceptors (Lipinski definition) is 2. The van der Waals surface area contributed by atoms with Crippen LogP contribution in [0.5, 0.6) is 0 Å². The Hall–Kier alpha value is -1.31. The molecule has 2 heteroatoms. The van der Waals surface area contributed by atoms with Gasteiger partial charge in [0, 0.05) is 0 Å². The standard InChI is InChI=1S/C12H15O2/c1-9(2)10(3)14-12(13)11-7-5-4-6-8-11/h4-9H,1-3H3. The van der Waals surface area contributed by atoms with E-state index in [0.29, 0.717) is 5.56 Å². The van der Waals surface area contributed by atoms with Gasteiger partial charge in [0.2, 0.25) is 0 Å². The summed E-state index contributed by atoms with van der Waals surface area (Å²) in [5.41, 5.74) is 0.590. The van der Waals surface area contributed by atoms with E-state index in [9.17, 15) is 4.79 Å². The van der Waals surface area contributed by atoms with Crippen molar-refractivity contribution in [3.05, 3.63) is 42.0 Å². The van der Waals surface area contributed by atoms with Crippen LogP contribution in [-0.4, -0.2) is 5.97 Å². The third-order valence-corrected chi connectivity index (χ3v) is 2.08. The van der Waals surface area contributed by atoms with Crippen LogP contribution < -0.4 is 0 Å². The van der Waals surface area contributed by atoms with Crippen molar-refractivity contribution in [1.82, 2.24) is 0 Å². The lowest BCUT2D eigenvalue weighted by atomic mass is 10.1. The summed E-state index contributed by atoms with van der Waals surface area (Å²) in [5.74, 6) is -0.0144. The molecule has 0 unspecified atom stereocenters. The molecule has 1 aromatic rings. The Bertz CT molecular complexity index is 290. The third kappa shape index (κ3) is 2.87. The molecule has 75 valence electrons. The van der Waals surface area contributed by atoms with E-state index in [4.69, 9.17) is 4.74 Å². The molecule has 14 heavy (non-hydrogen) atoms. The minimum atomic E-state index is -0.281. The van der Waals surface area contributed by atoms with Crippen molar-refractivity contribution in [3.8, 4) is 0 Å². The van der Waals surface area contributed by atoms with Crippen molar-refractivity contribution in [2.24, 2.45) is 5.92 Å². The van der Waals surface area contributed by atoms with Gasteiger partial charge in [-0.1, -0.05) is 32.0 Å². The molecule has 0 bridgehead atoms. The van der Waals surface area contributed by atoms with E-state index >= 15 is 0 Å². The van der Waals surface area contributed by atoms with Gasteiger partial charge in [-0.15, -0.1) is 0 Å². The zero-order valence-corrected chi connectivity index (χ0v) is 8.78. The Kier molecular flexibility index (Phi) is 3.69. The predicted molar refractivity (Wildman–Crippen MR) is 55.6 cm³/mol. The van der Waals surface area contributed by atoms with Crippen molar-refractivity contribution in [2.45, 2.75) is 20.8 Å². The Morgan fingerprint density at radius 3 is 2.29 bits per heavy atom. The monoisotopic (exact) mass is 191 g/mol. The van der Waals surface area contributed by atoms with Crippen LogP contribution >= 0.6 is 0 Å². The first-order valence-corrected chi connectivity index (χ1v) is 4.72. The number of ether oxygens (including phenoxy) is 1. The van der Waals surface area contributed by atoms with E-state index in [2.05, 4.69) is 0 Å². The Morgan fingerprint density at radius 1 is 1.21 bits per heavy atom. The molecular weight excluding hydrogens is 176 g/mol. The maximum absolute atomic E-state index is 11.5. The maximum Gasteiger partial charge on any atom is 0.338 e. The molecule has 0 saturated carbocycles. The first kappa shape index (κ1) is 10.8. The summed E-state index contributed by atoms with van der Waals surface area (Å²) in [7, 11) is 0. The summed E-state index contributed by atoms with van der Waals surface area (Å²) in [4.78, 5) is 11.5. The van der Waals surface area contributed by atoms with Crippen molar-refractivity contribution < 1.29 is 9.53 Å². The number of benzene rings is 1. The molecule has 0 saturated heterocycles. The number of hydrogen-bond donors (Lipinski definition) is 0. The average molecular weight is 191 g/mol. The molecule has 1 radical (unpaired) electrons. The number of carbonyl (C=O) groups is 1. The molecule has 0 aliphatic rings. The summed E-state index contributed by atoms with van der Waals surface area (Å²) in [6.45, 7) is 5.81. The summed E-state index contributed by atoms with van der Waals surface area (Å²) in [5, 5.41) is 0. The Labute approximate surface area is 84.9 Å². The largest absolute Gasteiger partial charge is 0.451 e. The first-order chi connectivity index (χ1) is 6.61. The predicted octanol–water partition coefficient (Wildman–Crippen LogP) is 3.05. The van der Waals surface area contributed by atoms with Gasteiger partial charge in [-0.2, -0.15) is 0 Å². The van der Waals surface area contributed by atoms with Crippen molar-refractivity contribution >= 4 is 5.97 Å². The van der Waals surface area contributed by atoms with Crippen LogP contribution in [0.25, 0.3) is 0 Å². The second-order valence-corrected chi connectivity index (χ2v) is 3.52. The maximum atomic E-state index is 11.5. The minimum absolute atomic E-state index is 0.266. The van der Waals surface area contributed by atoms with Gasteiger partial charge < -0.3 is 4.74 Å². The van der Waals surface area contributed by atoms with Crippen LogP contribution in [0.15, 0.2) is 30.3 Å². The average Bonchev–Trinajstić information content (AvgIpc) is 2.19. The summed E-state index contributed by atoms with van der Waals surface area (Å²) in [6, 6.07) is 9.00. The topological polar surface area (TPSA) is 26.3 Å². The van der Waals surface area contributed by atoms with Crippen LogP contribution in [0.2, 0.25) is 0 Å². The van der Waals surface area contributed by atoms with Crippen molar-refractivity contribution in [1.29, 1.82) is 0 Å². The highest BCUT2D eigenvalue weighted by Crippen LogP contribution is 2.15. The number of esters is 1. The van der Waals surface area contributed by atoms with Gasteiger partial charge in [0.25, 0.3) is 0 Å². The van der Waals surface area contributed by atoms with Crippen molar-refractivity contribution in [3.63, 3.8) is 0 Å². The van der Waals surface area contributed by atoms with E-state index in [0.717, 1.165) is 6.10 Å². The molecular formula is C12H15O2. The van der Waals surface area contributed by atoms with Crippen molar-refractivity contribution in [2.75, 3.05) is 0 Å². The minimum Gasteiger partial charge on any atom is -0.451 e. The van der Waals surface area contributed by atoms with Crippen LogP contribution in [-0.2, 0) is 4.74 Å². The SMILES string of the molecule is C[C](OC(=O)c1ccccc1)C(C)C. The number of rotatable bonds is 3. The smallest absolute Gasteiger partial charge is 0.338 e. The molecule has 1 aromatic carbocycles. The number of carbonyl (C=O) groups excluding carboxylic acids is 1. The fourth-order valence-corrected chi connectivity index (χ4v) is 0.897. The lowest BCUT2D eigenvalue weighted by Gasteiger charge is -2.14. The molecule has 0 spiro atoms. The highest BCUT2D eigenvalue weighted by atomic mass is 16.5. The lowest BCUT2D eigenvalue weighted by molar-refractivity contribution is 0.0487. The van der Waals surface area contributed by atoms with Crippen LogP contribution in [0.4, 0.5) is 0 Å². The molecule has 0 N–H and O–H groups in total. The van der Waals surface area contributed by atoms with Gasteiger partial charge in [0.1, 0.15) is 0 Å². The lowest BCUT2D eigenvalue weighted by Crippen LogP contribution is -2.12. The van der Waals surface area contributed by atoms with E-state index in [1.54, 1.807) is 12.1 Å². The molecule has 0 aliphatic heterocycles. The van der Waals surface area contributed by atoms with E-state index in [-0.39, 0.29) is 11.9 Å². The molecule has 0 aliphatic carbocycles. The summed E-state index contributed by atoms with van der Waals surface area (Å²) in [6.07, 6.45) is 0.749. The molecule has 0 fully saturated rings. The van der Waals surface area contributed by atoms with Gasteiger partial charge >= 0.3 is 5.97 Å². The fraction of sp³-hybridized carbons (Fsp3) is 0.333. The van der Waals surface area contributed by atoms with Gasteiger partial charge in [0.15, 0.2) is 6.10 Å². The molecule has 0 heterocycles. The van der Waals surface area contributed by atoms with E-state index in [1.165, 1.54) is 0 Å². The molecule has 0 amide bonds. The molecule has 2 nitrogen and oxygen atoms in total. The molecule has 0 atom stereocenters. The van der Waals surface area contributed by atoms with Crippen LogP contribution in [0, 0.1) is 12.0 Å². The van der Waals surface area contributed by atoms with E-state index in [1.807, 2.05) is 39.0 Å². The highest BCUT2D eigenvalue weighted by Gasteiger charge is 2.15. The zero-order valence-electron chi connectivity index (χ0n) is 8.78. The van der Waals surface area contributed by atoms with Gasteiger partial charge in [-0.25, -0.2) is 4.79 Å². The summed E-state index contributed by atoms with van der Waals surface area (Å²) >= 11 is 0. The van der Waals surface area contributed by atoms with Gasteiger partial charge in [0.05, 0.1) is 5.56 Å². The third-order valence-electron chi connectivity index (χ3n) is 2.08. The first-order valence-electron chi connectivity index (χ1n) is 4.72. The molecule has 0 aromatic heterocycles. The Balaban J connectivity index is 2.60.